The molecule has 0 saturated heterocycles. The molecule has 0 unspecified atom stereocenters. The van der Waals surface area contributed by atoms with Gasteiger partial charge >= 0.3 is 0 Å². The Hall–Kier alpha value is -2.21. The molecule has 1 aliphatic heterocycles. The van der Waals surface area contributed by atoms with Crippen molar-refractivity contribution >= 4 is 5.91 Å². The molecule has 4 rings (SSSR count). The van der Waals surface area contributed by atoms with Crippen LogP contribution < -0.4 is 5.32 Å². The number of hydrogen-bond donors (Lipinski definition) is 1. The second kappa shape index (κ2) is 6.59. The number of rotatable bonds is 5. The third-order valence-corrected chi connectivity index (χ3v) is 4.96. The van der Waals surface area contributed by atoms with Crippen molar-refractivity contribution in [1.82, 2.24) is 25.0 Å². The molecule has 2 heterocycles. The largest absolute Gasteiger partial charge is 0.329 e. The molecule has 1 aromatic carbocycles. The topological polar surface area (TPSA) is 63.1 Å². The number of nitrogens with zero attached hydrogens (tertiary/aromatic N) is 4. The van der Waals surface area contributed by atoms with Gasteiger partial charge in [-0.05, 0) is 18.8 Å². The van der Waals surface area contributed by atoms with E-state index in [9.17, 15) is 4.79 Å². The Bertz CT molecular complexity index is 750. The maximum Gasteiger partial charge on any atom is 0.237 e. The Morgan fingerprint density at radius 1 is 1.24 bits per heavy atom. The molecule has 2 aliphatic rings. The first-order chi connectivity index (χ1) is 12.1. The number of carbonyl (C=O) groups is 1. The first-order valence-corrected chi connectivity index (χ1v) is 9.16. The molecule has 1 fully saturated rings. The van der Waals surface area contributed by atoms with E-state index in [0.717, 1.165) is 17.2 Å². The van der Waals surface area contributed by atoms with Crippen molar-refractivity contribution in [3.63, 3.8) is 0 Å². The Balaban J connectivity index is 1.60. The Kier molecular flexibility index (Phi) is 4.29. The minimum Gasteiger partial charge on any atom is -0.329 e. The monoisotopic (exact) mass is 339 g/mol. The minimum absolute atomic E-state index is 0.0211. The number of fused-ring (bicyclic) bond motifs is 1. The highest BCUT2D eigenvalue weighted by molar-refractivity contribution is 5.79. The smallest absolute Gasteiger partial charge is 0.237 e. The number of amides is 1. The van der Waals surface area contributed by atoms with E-state index in [4.69, 9.17) is 4.98 Å². The fraction of sp³-hybridized carbons (Fsp3) is 0.526. The summed E-state index contributed by atoms with van der Waals surface area (Å²) in [5.41, 5.74) is 1.01. The van der Waals surface area contributed by atoms with Gasteiger partial charge in [0.1, 0.15) is 0 Å². The van der Waals surface area contributed by atoms with E-state index in [-0.39, 0.29) is 17.9 Å². The number of carbonyl (C=O) groups excluding carboxylic acids is 1. The molecule has 6 heteroatoms. The van der Waals surface area contributed by atoms with Gasteiger partial charge in [0.2, 0.25) is 5.91 Å². The maximum absolute atomic E-state index is 12.7. The average molecular weight is 339 g/mol. The van der Waals surface area contributed by atoms with Crippen molar-refractivity contribution in [2.75, 3.05) is 13.1 Å². The zero-order valence-corrected chi connectivity index (χ0v) is 14.9. The average Bonchev–Trinajstić information content (AvgIpc) is 3.35. The van der Waals surface area contributed by atoms with Crippen molar-refractivity contribution in [1.29, 1.82) is 0 Å². The van der Waals surface area contributed by atoms with Crippen LogP contribution in [0.25, 0.3) is 11.4 Å². The molecule has 6 nitrogen and oxygen atoms in total. The van der Waals surface area contributed by atoms with Gasteiger partial charge in [-0.2, -0.15) is 5.10 Å². The van der Waals surface area contributed by atoms with Crippen LogP contribution in [0.1, 0.15) is 38.6 Å². The van der Waals surface area contributed by atoms with Crippen molar-refractivity contribution < 1.29 is 4.79 Å². The molecule has 1 atom stereocenters. The van der Waals surface area contributed by atoms with Crippen LogP contribution in [0.5, 0.6) is 0 Å². The number of aromatic nitrogens is 3. The maximum atomic E-state index is 12.7. The molecule has 132 valence electrons. The number of nitrogens with one attached hydrogen (secondary N) is 1. The lowest BCUT2D eigenvalue weighted by atomic mass is 9.99. The van der Waals surface area contributed by atoms with Crippen LogP contribution in [0.15, 0.2) is 30.3 Å². The summed E-state index contributed by atoms with van der Waals surface area (Å²) in [7, 11) is 0. The van der Waals surface area contributed by atoms with E-state index in [0.29, 0.717) is 25.7 Å². The lowest BCUT2D eigenvalue weighted by Crippen LogP contribution is -2.47. The number of benzene rings is 1. The molecule has 1 aliphatic carbocycles. The third kappa shape index (κ3) is 3.31. The summed E-state index contributed by atoms with van der Waals surface area (Å²) in [4.78, 5) is 19.5. The van der Waals surface area contributed by atoms with Crippen LogP contribution in [0.3, 0.4) is 0 Å². The molecular formula is C19H25N5O. The van der Waals surface area contributed by atoms with Gasteiger partial charge in [-0.15, -0.1) is 0 Å². The van der Waals surface area contributed by atoms with E-state index in [1.54, 1.807) is 0 Å². The highest BCUT2D eigenvalue weighted by atomic mass is 16.2. The summed E-state index contributed by atoms with van der Waals surface area (Å²) in [6.07, 6.45) is 2.38. The predicted molar refractivity (Wildman–Crippen MR) is 95.8 cm³/mol. The molecule has 0 radical (unpaired) electrons. The Morgan fingerprint density at radius 3 is 2.68 bits per heavy atom. The van der Waals surface area contributed by atoms with Crippen LogP contribution in [-0.2, 0) is 11.3 Å². The third-order valence-electron chi connectivity index (χ3n) is 4.96. The van der Waals surface area contributed by atoms with Crippen LogP contribution in [0.2, 0.25) is 0 Å². The van der Waals surface area contributed by atoms with Crippen molar-refractivity contribution in [3.8, 4) is 11.4 Å². The lowest BCUT2D eigenvalue weighted by Gasteiger charge is -2.37. The summed E-state index contributed by atoms with van der Waals surface area (Å²) < 4.78 is 1.98. The molecule has 0 spiro atoms. The van der Waals surface area contributed by atoms with Gasteiger partial charge in [-0.3, -0.25) is 4.79 Å². The van der Waals surface area contributed by atoms with Crippen LogP contribution in [0.4, 0.5) is 0 Å². The van der Waals surface area contributed by atoms with E-state index in [1.807, 2.05) is 39.9 Å². The molecule has 1 N–H and O–H groups in total. The van der Waals surface area contributed by atoms with Crippen molar-refractivity contribution in [2.24, 2.45) is 5.92 Å². The lowest BCUT2D eigenvalue weighted by molar-refractivity contribution is -0.135. The van der Waals surface area contributed by atoms with Gasteiger partial charge in [0.25, 0.3) is 0 Å². The Morgan fingerprint density at radius 2 is 2.00 bits per heavy atom. The summed E-state index contributed by atoms with van der Waals surface area (Å²) in [6.45, 7) is 6.11. The zero-order chi connectivity index (χ0) is 17.4. The van der Waals surface area contributed by atoms with E-state index < -0.39 is 0 Å². The molecule has 0 bridgehead atoms. The first kappa shape index (κ1) is 16.3. The highest BCUT2D eigenvalue weighted by Crippen LogP contribution is 2.32. The molecule has 1 aromatic heterocycles. The van der Waals surface area contributed by atoms with E-state index >= 15 is 0 Å². The van der Waals surface area contributed by atoms with Crippen molar-refractivity contribution in [2.45, 2.75) is 45.3 Å². The first-order valence-electron chi connectivity index (χ1n) is 9.16. The van der Waals surface area contributed by atoms with Gasteiger partial charge in [-0.25, -0.2) is 9.67 Å². The van der Waals surface area contributed by atoms with Crippen LogP contribution in [0, 0.1) is 5.92 Å². The van der Waals surface area contributed by atoms with Crippen molar-refractivity contribution in [3.05, 3.63) is 36.2 Å². The number of hydrogen-bond acceptors (Lipinski definition) is 4. The van der Waals surface area contributed by atoms with Gasteiger partial charge in [0.05, 0.1) is 19.1 Å². The SMILES string of the molecule is CC(C)[C@H]1c2nc(-c3ccccc3)nn2CCN1C(=O)CNC1CC1. The molecular weight excluding hydrogens is 314 g/mol. The second-order valence-corrected chi connectivity index (χ2v) is 7.31. The normalized spacial score (nSPS) is 20.0. The van der Waals surface area contributed by atoms with Gasteiger partial charge in [-0.1, -0.05) is 44.2 Å². The molecule has 25 heavy (non-hydrogen) atoms. The Labute approximate surface area is 148 Å². The molecule has 2 aromatic rings. The van der Waals surface area contributed by atoms with Gasteiger partial charge in [0, 0.05) is 18.2 Å². The minimum atomic E-state index is -0.0211. The van der Waals surface area contributed by atoms with Crippen LogP contribution >= 0.6 is 0 Å². The quantitative estimate of drug-likeness (QED) is 0.907. The summed E-state index contributed by atoms with van der Waals surface area (Å²) in [6, 6.07) is 10.5. The highest BCUT2D eigenvalue weighted by Gasteiger charge is 2.36. The van der Waals surface area contributed by atoms with E-state index in [1.165, 1.54) is 12.8 Å². The molecule has 1 amide bonds. The van der Waals surface area contributed by atoms with Gasteiger partial charge in [0.15, 0.2) is 11.6 Å². The fourth-order valence-electron chi connectivity index (χ4n) is 3.49. The fourth-order valence-corrected chi connectivity index (χ4v) is 3.49. The standard InChI is InChI=1S/C19H25N5O/c1-13(2)17-19-21-18(14-6-4-3-5-7-14)22-24(19)11-10-23(17)16(25)12-20-15-8-9-15/h3-7,13,15,17,20H,8-12H2,1-2H3/t17-/m0/s1. The molecule has 1 saturated carbocycles. The summed E-state index contributed by atoms with van der Waals surface area (Å²) in [5, 5.41) is 8.02. The zero-order valence-electron chi connectivity index (χ0n) is 14.9. The summed E-state index contributed by atoms with van der Waals surface area (Å²) in [5.74, 6) is 2.10. The predicted octanol–water partition coefficient (Wildman–Crippen LogP) is 2.24. The van der Waals surface area contributed by atoms with Crippen LogP contribution in [-0.4, -0.2) is 44.7 Å². The summed E-state index contributed by atoms with van der Waals surface area (Å²) >= 11 is 0. The van der Waals surface area contributed by atoms with E-state index in [2.05, 4.69) is 24.3 Å². The van der Waals surface area contributed by atoms with Gasteiger partial charge < -0.3 is 10.2 Å². The second-order valence-electron chi connectivity index (χ2n) is 7.31.